The highest BCUT2D eigenvalue weighted by Gasteiger charge is 2.40. The Labute approximate surface area is 94.9 Å². The molecule has 0 amide bonds. The summed E-state index contributed by atoms with van der Waals surface area (Å²) in [5.74, 6) is -0.868. The molecule has 15 heavy (non-hydrogen) atoms. The molecule has 0 aromatic heterocycles. The van der Waals surface area contributed by atoms with Crippen LogP contribution in [-0.2, 0) is 14.8 Å². The lowest BCUT2D eigenvalue weighted by Crippen LogP contribution is -2.44. The molecule has 0 spiro atoms. The van der Waals surface area contributed by atoms with Crippen molar-refractivity contribution in [2.75, 3.05) is 12.3 Å². The third-order valence-corrected chi connectivity index (χ3v) is 5.65. The molecule has 1 unspecified atom stereocenters. The summed E-state index contributed by atoms with van der Waals surface area (Å²) in [6.07, 6.45) is 1.00. The van der Waals surface area contributed by atoms with Crippen molar-refractivity contribution in [3.63, 3.8) is 0 Å². The minimum absolute atomic E-state index is 0.200. The van der Waals surface area contributed by atoms with Crippen LogP contribution in [-0.4, -0.2) is 47.4 Å². The summed E-state index contributed by atoms with van der Waals surface area (Å²) in [4.78, 5) is 10.8. The van der Waals surface area contributed by atoms with E-state index in [0.29, 0.717) is 19.4 Å². The minimum Gasteiger partial charge on any atom is -0.480 e. The van der Waals surface area contributed by atoms with Gasteiger partial charge in [0.05, 0.1) is 5.25 Å². The molecular formula is C8H15NO4S2. The van der Waals surface area contributed by atoms with Crippen molar-refractivity contribution in [2.45, 2.75) is 31.1 Å². The third kappa shape index (κ3) is 2.46. The molecule has 0 aliphatic carbocycles. The lowest BCUT2D eigenvalue weighted by molar-refractivity contribution is -0.140. The first kappa shape index (κ1) is 12.8. The van der Waals surface area contributed by atoms with E-state index in [4.69, 9.17) is 5.11 Å². The molecule has 88 valence electrons. The van der Waals surface area contributed by atoms with Crippen LogP contribution in [0.3, 0.4) is 0 Å². The van der Waals surface area contributed by atoms with E-state index >= 15 is 0 Å². The lowest BCUT2D eigenvalue weighted by Gasteiger charge is -2.23. The van der Waals surface area contributed by atoms with E-state index < -0.39 is 27.3 Å². The van der Waals surface area contributed by atoms with Crippen molar-refractivity contribution < 1.29 is 18.3 Å². The molecule has 1 heterocycles. The van der Waals surface area contributed by atoms with Crippen LogP contribution < -0.4 is 0 Å². The summed E-state index contributed by atoms with van der Waals surface area (Å²) in [5, 5.41) is 8.24. The Balaban J connectivity index is 2.92. The highest BCUT2D eigenvalue weighted by molar-refractivity contribution is 7.91. The van der Waals surface area contributed by atoms with E-state index in [1.807, 2.05) is 0 Å². The summed E-state index contributed by atoms with van der Waals surface area (Å²) in [6.45, 7) is 1.84. The molecule has 1 rings (SSSR count). The van der Waals surface area contributed by atoms with Gasteiger partial charge in [0.15, 0.2) is 0 Å². The average Bonchev–Trinajstić information content (AvgIpc) is 2.65. The molecule has 7 heteroatoms. The zero-order chi connectivity index (χ0) is 11.6. The quantitative estimate of drug-likeness (QED) is 0.701. The Morgan fingerprint density at radius 2 is 2.27 bits per heavy atom. The number of carboxylic acid groups (broad SMARTS) is 1. The highest BCUT2D eigenvalue weighted by atomic mass is 32.2. The Bertz CT molecular complexity index is 341. The largest absolute Gasteiger partial charge is 0.480 e. The first-order valence-corrected chi connectivity index (χ1v) is 6.89. The van der Waals surface area contributed by atoms with Crippen molar-refractivity contribution in [3.8, 4) is 0 Å². The van der Waals surface area contributed by atoms with E-state index in [1.54, 1.807) is 6.92 Å². The molecule has 1 aliphatic heterocycles. The van der Waals surface area contributed by atoms with Crippen LogP contribution >= 0.6 is 12.6 Å². The molecule has 0 aromatic carbocycles. The summed E-state index contributed by atoms with van der Waals surface area (Å²) in [5.41, 5.74) is 0. The van der Waals surface area contributed by atoms with Gasteiger partial charge in [0, 0.05) is 12.3 Å². The van der Waals surface area contributed by atoms with Crippen LogP contribution in [0.5, 0.6) is 0 Å². The Morgan fingerprint density at radius 3 is 2.73 bits per heavy atom. The number of sulfonamides is 1. The average molecular weight is 253 g/mol. The number of rotatable bonds is 4. The molecular weight excluding hydrogens is 238 g/mol. The molecule has 1 saturated heterocycles. The van der Waals surface area contributed by atoms with Crippen LogP contribution in [0.25, 0.3) is 0 Å². The highest BCUT2D eigenvalue weighted by Crippen LogP contribution is 2.24. The number of nitrogens with zero attached hydrogens (tertiary/aromatic N) is 1. The number of hydrogen-bond donors (Lipinski definition) is 2. The number of carboxylic acids is 1. The molecule has 1 fully saturated rings. The maximum atomic E-state index is 11.9. The van der Waals surface area contributed by atoms with Crippen molar-refractivity contribution in [1.82, 2.24) is 4.31 Å². The second-order valence-electron chi connectivity index (χ2n) is 3.65. The molecule has 0 saturated carbocycles. The second kappa shape index (κ2) is 4.71. The van der Waals surface area contributed by atoms with Gasteiger partial charge in [0.2, 0.25) is 10.0 Å². The fourth-order valence-electron chi connectivity index (χ4n) is 1.62. The van der Waals surface area contributed by atoms with Gasteiger partial charge in [-0.2, -0.15) is 16.9 Å². The van der Waals surface area contributed by atoms with Crippen LogP contribution in [0.15, 0.2) is 0 Å². The molecule has 0 bridgehead atoms. The van der Waals surface area contributed by atoms with Gasteiger partial charge in [-0.1, -0.05) is 0 Å². The van der Waals surface area contributed by atoms with E-state index in [-0.39, 0.29) is 5.75 Å². The Kier molecular flexibility index (Phi) is 4.02. The van der Waals surface area contributed by atoms with Gasteiger partial charge in [0.25, 0.3) is 0 Å². The molecule has 0 aromatic rings. The fraction of sp³-hybridized carbons (Fsp3) is 0.875. The van der Waals surface area contributed by atoms with Gasteiger partial charge in [0.1, 0.15) is 6.04 Å². The predicted octanol–water partition coefficient (Wildman–Crippen LogP) is 0.183. The summed E-state index contributed by atoms with van der Waals surface area (Å²) in [7, 11) is -3.51. The van der Waals surface area contributed by atoms with Crippen molar-refractivity contribution in [3.05, 3.63) is 0 Å². The zero-order valence-corrected chi connectivity index (χ0v) is 10.2. The first-order valence-electron chi connectivity index (χ1n) is 4.75. The van der Waals surface area contributed by atoms with Gasteiger partial charge in [-0.25, -0.2) is 8.42 Å². The SMILES string of the molecule is CC(CS)S(=O)(=O)N1CCC[C@H]1C(=O)O. The monoisotopic (exact) mass is 253 g/mol. The summed E-state index contributed by atoms with van der Waals surface area (Å²) in [6, 6.07) is -0.891. The van der Waals surface area contributed by atoms with E-state index in [9.17, 15) is 13.2 Å². The van der Waals surface area contributed by atoms with E-state index in [1.165, 1.54) is 0 Å². The topological polar surface area (TPSA) is 74.7 Å². The van der Waals surface area contributed by atoms with Crippen molar-refractivity contribution in [2.24, 2.45) is 0 Å². The third-order valence-electron chi connectivity index (χ3n) is 2.58. The van der Waals surface area contributed by atoms with Crippen molar-refractivity contribution in [1.29, 1.82) is 0 Å². The number of hydrogen-bond acceptors (Lipinski definition) is 4. The summed E-state index contributed by atoms with van der Waals surface area (Å²) >= 11 is 3.93. The van der Waals surface area contributed by atoms with Crippen LogP contribution in [0.1, 0.15) is 19.8 Å². The lowest BCUT2D eigenvalue weighted by atomic mass is 10.2. The van der Waals surface area contributed by atoms with Crippen LogP contribution in [0.4, 0.5) is 0 Å². The van der Waals surface area contributed by atoms with Gasteiger partial charge < -0.3 is 5.11 Å². The number of thiol groups is 1. The van der Waals surface area contributed by atoms with Gasteiger partial charge in [-0.15, -0.1) is 0 Å². The molecule has 1 aliphatic rings. The van der Waals surface area contributed by atoms with Gasteiger partial charge in [-0.05, 0) is 19.8 Å². The maximum Gasteiger partial charge on any atom is 0.322 e. The summed E-state index contributed by atoms with van der Waals surface area (Å²) < 4.78 is 24.9. The smallest absolute Gasteiger partial charge is 0.322 e. The molecule has 2 atom stereocenters. The standard InChI is InChI=1S/C8H15NO4S2/c1-6(5-14)15(12,13)9-4-2-3-7(9)8(10)11/h6-7,14H,2-5H2,1H3,(H,10,11)/t6?,7-/m0/s1. The van der Waals surface area contributed by atoms with Gasteiger partial charge in [-0.3, -0.25) is 4.79 Å². The Hall–Kier alpha value is -0.270. The molecule has 0 radical (unpaired) electrons. The Morgan fingerprint density at radius 1 is 1.67 bits per heavy atom. The van der Waals surface area contributed by atoms with Crippen LogP contribution in [0, 0.1) is 0 Å². The maximum absolute atomic E-state index is 11.9. The normalized spacial score (nSPS) is 25.3. The minimum atomic E-state index is -3.51. The molecule has 1 N–H and O–H groups in total. The first-order chi connectivity index (χ1) is 6.91. The van der Waals surface area contributed by atoms with Gasteiger partial charge >= 0.3 is 5.97 Å². The van der Waals surface area contributed by atoms with E-state index in [0.717, 1.165) is 4.31 Å². The van der Waals surface area contributed by atoms with E-state index in [2.05, 4.69) is 12.6 Å². The van der Waals surface area contributed by atoms with Crippen molar-refractivity contribution >= 4 is 28.6 Å². The second-order valence-corrected chi connectivity index (χ2v) is 6.31. The predicted molar refractivity (Wildman–Crippen MR) is 59.6 cm³/mol. The zero-order valence-electron chi connectivity index (χ0n) is 8.46. The number of aliphatic carboxylic acids is 1. The van der Waals surface area contributed by atoms with Crippen LogP contribution in [0.2, 0.25) is 0 Å². The fourth-order valence-corrected chi connectivity index (χ4v) is 3.77. The molecule has 5 nitrogen and oxygen atoms in total. The number of carbonyl (C=O) groups is 1.